The van der Waals surface area contributed by atoms with Crippen molar-refractivity contribution < 1.29 is 243 Å². The lowest BCUT2D eigenvalue weighted by molar-refractivity contribution is -0.399. The summed E-state index contributed by atoms with van der Waals surface area (Å²) in [6, 6.07) is -4.10. The Hall–Kier alpha value is -2.94. The highest BCUT2D eigenvalue weighted by molar-refractivity contribution is 5.73. The maximum atomic E-state index is 13.6. The number of carbonyl (C=O) groups is 2. The third kappa shape index (κ3) is 20.1. The summed E-state index contributed by atoms with van der Waals surface area (Å²) in [5, 5.41) is 314. The van der Waals surface area contributed by atoms with Gasteiger partial charge in [0.05, 0.1) is 65.1 Å². The first kappa shape index (κ1) is 94.3. The molecule has 0 saturated carbocycles. The molecule has 0 radical (unpaired) electrons. The Balaban J connectivity index is 0.998. The summed E-state index contributed by atoms with van der Waals surface area (Å²) in [5.74, 6) is -2.05. The third-order valence-electron chi connectivity index (χ3n) is 21.6. The van der Waals surface area contributed by atoms with E-state index in [2.05, 4.69) is 10.6 Å². The monoisotopic (exact) mass is 1690 g/mol. The smallest absolute Gasteiger partial charge is 0.217 e. The van der Waals surface area contributed by atoms with Crippen molar-refractivity contribution in [1.82, 2.24) is 10.6 Å². The first-order valence-corrected chi connectivity index (χ1v) is 36.9. The average molecular weight is 1690 g/mol. The number of amides is 2. The molecule has 10 fully saturated rings. The van der Waals surface area contributed by atoms with Gasteiger partial charge in [-0.25, -0.2) is 0 Å². The van der Waals surface area contributed by atoms with Gasteiger partial charge < -0.3 is 244 Å². The van der Waals surface area contributed by atoms with Gasteiger partial charge in [-0.05, 0) is 13.8 Å². The minimum absolute atomic E-state index is 0.895. The van der Waals surface area contributed by atoms with Crippen molar-refractivity contribution in [3.05, 3.63) is 0 Å². The van der Waals surface area contributed by atoms with Crippen LogP contribution in [0.5, 0.6) is 0 Å². The second-order valence-electron chi connectivity index (χ2n) is 29.5. The van der Waals surface area contributed by atoms with Gasteiger partial charge in [0.15, 0.2) is 62.9 Å². The van der Waals surface area contributed by atoms with Crippen molar-refractivity contribution in [2.75, 3.05) is 52.9 Å². The zero-order chi connectivity index (χ0) is 84.5. The fourth-order valence-electron chi connectivity index (χ4n) is 15.0. The van der Waals surface area contributed by atoms with Crippen molar-refractivity contribution in [2.45, 2.75) is 335 Å². The molecule has 0 aromatic heterocycles. The first-order chi connectivity index (χ1) is 54.4. The number of rotatable bonds is 28. The van der Waals surface area contributed by atoms with E-state index in [1.165, 1.54) is 13.8 Å². The minimum Gasteiger partial charge on any atom is -0.394 e. The van der Waals surface area contributed by atoms with Crippen LogP contribution in [0.1, 0.15) is 27.7 Å². The molecule has 10 rings (SSSR count). The van der Waals surface area contributed by atoms with Crippen molar-refractivity contribution in [1.29, 1.82) is 0 Å². The maximum absolute atomic E-state index is 13.6. The summed E-state index contributed by atoms with van der Waals surface area (Å²) in [6.07, 6.45) is -99.9. The second kappa shape index (κ2) is 40.6. The van der Waals surface area contributed by atoms with Crippen LogP contribution in [-0.4, -0.2) is 515 Å². The molecule has 0 spiro atoms. The van der Waals surface area contributed by atoms with Gasteiger partial charge in [0.1, 0.15) is 232 Å². The van der Waals surface area contributed by atoms with Crippen LogP contribution in [0, 0.1) is 0 Å². The van der Waals surface area contributed by atoms with Gasteiger partial charge in [0.25, 0.3) is 0 Å². The van der Waals surface area contributed by atoms with Crippen LogP contribution < -0.4 is 10.6 Å². The summed E-state index contributed by atoms with van der Waals surface area (Å²) in [7, 11) is 0. The molecule has 51 heteroatoms. The van der Waals surface area contributed by atoms with E-state index in [0.29, 0.717) is 0 Å². The molecule has 0 aromatic rings. The Morgan fingerprint density at radius 1 is 0.243 bits per heavy atom. The Labute approximate surface area is 650 Å². The van der Waals surface area contributed by atoms with E-state index in [0.717, 1.165) is 13.8 Å². The minimum atomic E-state index is -2.53. The molecule has 10 heterocycles. The molecule has 2 amide bonds. The van der Waals surface area contributed by atoms with Crippen molar-refractivity contribution in [2.24, 2.45) is 0 Å². The fourth-order valence-corrected chi connectivity index (χ4v) is 15.0. The zero-order valence-electron chi connectivity index (χ0n) is 61.6. The van der Waals surface area contributed by atoms with E-state index < -0.39 is 372 Å². The molecule has 0 aromatic carbocycles. The van der Waals surface area contributed by atoms with E-state index in [1.54, 1.807) is 0 Å². The van der Waals surface area contributed by atoms with Gasteiger partial charge in [-0.2, -0.15) is 0 Å². The Bertz CT molecular complexity index is 3010. The standard InChI is InChI=1S/C64H108N2O49/c1-13-27(76)34(83)40(89)58(98-13)111-50-25(65-15(3)74)56(105-22(10-72)48(50)109-62-44(93)52(31(80)19(7-69)103-62)114-60-42(91)36(85)29(78)17(5-67)101-60)97-12-24-33(82)54(46(95)64(107-24)108-47-21(9-71)100-55(96)39(88)38(47)87)113-57-26(66-16(4)75)51(112-59-41(90)35(84)28(77)14(2)99-59)49(23(11-73)106-57)110-63-45(94)53(32(81)20(8-70)104-63)115-61-43(92)37(86)30(79)18(6-68)102-61/h13-14,17-64,67-73,76-96H,5-12H2,1-4H3,(H,65,74)(H,66,75)/t13-,14-,17+,18+,19+,20+,21+,22+,23+,24+,25+,26+,27+,28+,29-,30-,31-,32-,33-,34+,35+,36-,37-,38+,39+,40-,41-,42+,43+,44+,45+,46+,47+,48+,49+,50+,51+,52-,53-,54-,55+,56+,57-,58-,59-,60+,61+,62-,63-,64-/m0/s1. The van der Waals surface area contributed by atoms with Crippen LogP contribution >= 0.6 is 0 Å². The van der Waals surface area contributed by atoms with Gasteiger partial charge in [0.2, 0.25) is 11.8 Å². The highest BCUT2D eigenvalue weighted by Crippen LogP contribution is 2.41. The third-order valence-corrected chi connectivity index (χ3v) is 21.6. The van der Waals surface area contributed by atoms with Gasteiger partial charge in [-0.3, -0.25) is 9.59 Å². The van der Waals surface area contributed by atoms with Crippen molar-refractivity contribution in [3.8, 4) is 0 Å². The van der Waals surface area contributed by atoms with Gasteiger partial charge in [-0.1, -0.05) is 0 Å². The number of ether oxygens (including phenoxy) is 19. The van der Waals surface area contributed by atoms with Crippen LogP contribution in [0.15, 0.2) is 0 Å². The van der Waals surface area contributed by atoms with E-state index in [9.17, 15) is 153 Å². The van der Waals surface area contributed by atoms with Gasteiger partial charge >= 0.3 is 0 Å². The molecular weight excluding hydrogens is 1580 g/mol. The molecule has 30 N–H and O–H groups in total. The topological polar surface area (TPSA) is 800 Å². The number of hydrogen-bond acceptors (Lipinski definition) is 49. The Morgan fingerprint density at radius 2 is 0.504 bits per heavy atom. The highest BCUT2D eigenvalue weighted by Gasteiger charge is 2.62. The molecule has 51 nitrogen and oxygen atoms in total. The van der Waals surface area contributed by atoms with E-state index in [-0.39, 0.29) is 0 Å². The molecule has 10 saturated heterocycles. The van der Waals surface area contributed by atoms with Crippen LogP contribution in [0.2, 0.25) is 0 Å². The lowest BCUT2D eigenvalue weighted by Crippen LogP contribution is -2.71. The largest absolute Gasteiger partial charge is 0.394 e. The quantitative estimate of drug-likeness (QED) is 0.0346. The molecule has 668 valence electrons. The summed E-state index contributed by atoms with van der Waals surface area (Å²) in [5.41, 5.74) is 0. The summed E-state index contributed by atoms with van der Waals surface area (Å²) >= 11 is 0. The fraction of sp³-hybridized carbons (Fsp3) is 0.969. The van der Waals surface area contributed by atoms with E-state index in [4.69, 9.17) is 90.0 Å². The van der Waals surface area contributed by atoms with Crippen LogP contribution in [0.4, 0.5) is 0 Å². The number of nitrogens with one attached hydrogen (secondary N) is 2. The summed E-state index contributed by atoms with van der Waals surface area (Å²) in [4.78, 5) is 27.2. The van der Waals surface area contributed by atoms with Gasteiger partial charge in [0, 0.05) is 13.8 Å². The zero-order valence-corrected chi connectivity index (χ0v) is 61.6. The molecule has 115 heavy (non-hydrogen) atoms. The normalized spacial score (nSPS) is 52.1. The number of aliphatic hydroxyl groups is 28. The van der Waals surface area contributed by atoms with Crippen molar-refractivity contribution >= 4 is 11.8 Å². The second-order valence-corrected chi connectivity index (χ2v) is 29.5. The SMILES string of the molecule is CC(=O)N[C@H]1[C@H](OC[C@H]2O[C@@H](O[C@H]3[C@H](O)[C@@H](O)[C@H](O)O[C@@H]3CO)[C@H](O)[C@@H](O[C@@H]3O[C@H](CO)[C@@H](O[C@@H]4O[C@H](CO)[C@H](O)[C@H](O[C@H]5O[C@H](CO)[C@H](O)[C@H](O)[C@H]5O)[C@H]4O)[C@H](O[C@@H]4O[C@@H](C)[C@@H](O)[C@@H](O)[C@@H]4O)[C@H]3NC(C)=O)[C@H]2O)O[C@H](CO)[C@@H](O[C@@H]2O[C@H](CO)[C@H](O)[C@H](O[C@H]3O[C@H](CO)[C@H](O)[C@H](O)[C@H]3O)[C@H]2O)[C@@H]1O[C@@H]1O[C@@H](C)[C@@H](O)[C@@H](O)[C@@H]1O. The lowest BCUT2D eigenvalue weighted by atomic mass is 9.93. The summed E-state index contributed by atoms with van der Waals surface area (Å²) < 4.78 is 113. The molecule has 0 unspecified atom stereocenters. The predicted molar refractivity (Wildman–Crippen MR) is 350 cm³/mol. The lowest BCUT2D eigenvalue weighted by Gasteiger charge is -2.52. The molecule has 50 atom stereocenters. The molecule has 0 aliphatic carbocycles. The van der Waals surface area contributed by atoms with Crippen molar-refractivity contribution in [3.63, 3.8) is 0 Å². The molecular formula is C64H108N2O49. The van der Waals surface area contributed by atoms with E-state index >= 15 is 0 Å². The number of aliphatic hydroxyl groups excluding tert-OH is 28. The average Bonchev–Trinajstić information content (AvgIpc) is 0.757. The number of carbonyl (C=O) groups excluding carboxylic acids is 2. The maximum Gasteiger partial charge on any atom is 0.217 e. The molecule has 0 bridgehead atoms. The Kier molecular flexibility index (Phi) is 33.3. The van der Waals surface area contributed by atoms with Crippen LogP contribution in [0.3, 0.4) is 0 Å². The first-order valence-electron chi connectivity index (χ1n) is 36.9. The molecule has 10 aliphatic heterocycles. The van der Waals surface area contributed by atoms with Crippen LogP contribution in [0.25, 0.3) is 0 Å². The molecule has 10 aliphatic rings. The van der Waals surface area contributed by atoms with Crippen LogP contribution in [-0.2, 0) is 99.6 Å². The summed E-state index contributed by atoms with van der Waals surface area (Å²) in [6.45, 7) is -4.75. The highest BCUT2D eigenvalue weighted by atomic mass is 16.8. The number of hydrogen-bond donors (Lipinski definition) is 30. The van der Waals surface area contributed by atoms with Gasteiger partial charge in [-0.15, -0.1) is 0 Å². The Morgan fingerprint density at radius 3 is 0.870 bits per heavy atom. The van der Waals surface area contributed by atoms with E-state index in [1.807, 2.05) is 0 Å². The predicted octanol–water partition coefficient (Wildman–Crippen LogP) is -20.5.